The van der Waals surface area contributed by atoms with Gasteiger partial charge in [-0.05, 0) is 51.3 Å². The molecule has 150 valence electrons. The van der Waals surface area contributed by atoms with Gasteiger partial charge >= 0.3 is 0 Å². The standard InChI is InChI=1S/C20H31N5S.HI/c1-6-21-20(23-14-19-15(2)24-16(3)26-19)22-13-7-8-17-9-11-18(12-10-17)25(4)5;/h9-12H,6-8,13-14H2,1-5H3,(H2,21,22,23);1H. The van der Waals surface area contributed by atoms with Crippen molar-refractivity contribution in [2.24, 2.45) is 4.99 Å². The Morgan fingerprint density at radius 2 is 1.85 bits per heavy atom. The van der Waals surface area contributed by atoms with Crippen LogP contribution in [0.25, 0.3) is 0 Å². The summed E-state index contributed by atoms with van der Waals surface area (Å²) in [6, 6.07) is 8.77. The lowest BCUT2D eigenvalue weighted by atomic mass is 10.1. The summed E-state index contributed by atoms with van der Waals surface area (Å²) in [5, 5.41) is 7.85. The smallest absolute Gasteiger partial charge is 0.191 e. The number of guanidine groups is 1. The molecule has 7 heteroatoms. The van der Waals surface area contributed by atoms with Crippen molar-refractivity contribution in [3.63, 3.8) is 0 Å². The number of aromatic nitrogens is 1. The van der Waals surface area contributed by atoms with Gasteiger partial charge in [-0.25, -0.2) is 9.98 Å². The number of thiazole rings is 1. The van der Waals surface area contributed by atoms with Gasteiger partial charge in [0.15, 0.2) is 5.96 Å². The Hall–Kier alpha value is -1.35. The fourth-order valence-corrected chi connectivity index (χ4v) is 3.53. The summed E-state index contributed by atoms with van der Waals surface area (Å²) in [7, 11) is 4.13. The number of nitrogens with one attached hydrogen (secondary N) is 2. The van der Waals surface area contributed by atoms with Crippen LogP contribution in [0.15, 0.2) is 29.3 Å². The van der Waals surface area contributed by atoms with E-state index in [1.807, 2.05) is 6.92 Å². The Balaban J connectivity index is 0.00000364. The molecule has 0 spiro atoms. The average Bonchev–Trinajstić information content (AvgIpc) is 2.94. The summed E-state index contributed by atoms with van der Waals surface area (Å²) < 4.78 is 0. The third-order valence-electron chi connectivity index (χ3n) is 4.11. The molecule has 0 aliphatic rings. The number of benzene rings is 1. The highest BCUT2D eigenvalue weighted by atomic mass is 127. The Labute approximate surface area is 184 Å². The number of anilines is 1. The van der Waals surface area contributed by atoms with E-state index in [-0.39, 0.29) is 24.0 Å². The molecule has 0 fully saturated rings. The van der Waals surface area contributed by atoms with E-state index in [4.69, 9.17) is 4.99 Å². The van der Waals surface area contributed by atoms with E-state index in [1.54, 1.807) is 11.3 Å². The number of hydrogen-bond acceptors (Lipinski definition) is 4. The van der Waals surface area contributed by atoms with E-state index in [0.717, 1.165) is 42.6 Å². The van der Waals surface area contributed by atoms with Gasteiger partial charge in [0.25, 0.3) is 0 Å². The summed E-state index contributed by atoms with van der Waals surface area (Å²) >= 11 is 1.73. The van der Waals surface area contributed by atoms with E-state index in [0.29, 0.717) is 6.54 Å². The minimum Gasteiger partial charge on any atom is -0.378 e. The zero-order chi connectivity index (χ0) is 18.9. The molecule has 5 nitrogen and oxygen atoms in total. The highest BCUT2D eigenvalue weighted by molar-refractivity contribution is 14.0. The van der Waals surface area contributed by atoms with Crippen LogP contribution >= 0.6 is 35.3 Å². The molecule has 1 aromatic heterocycles. The van der Waals surface area contributed by atoms with E-state index in [2.05, 4.69) is 72.7 Å². The molecule has 1 aromatic carbocycles. The minimum absolute atomic E-state index is 0. The Morgan fingerprint density at radius 1 is 1.15 bits per heavy atom. The second-order valence-corrected chi connectivity index (χ2v) is 7.82. The Bertz CT molecular complexity index is 710. The maximum atomic E-state index is 4.69. The van der Waals surface area contributed by atoms with Gasteiger partial charge in [0.05, 0.1) is 17.2 Å². The molecular weight excluding hydrogens is 469 g/mol. The number of halogens is 1. The number of aryl methyl sites for hydroxylation is 3. The third kappa shape index (κ3) is 8.04. The molecule has 0 amide bonds. The molecular formula is C20H32IN5S. The van der Waals surface area contributed by atoms with Gasteiger partial charge in [0, 0.05) is 37.7 Å². The van der Waals surface area contributed by atoms with E-state index in [1.165, 1.54) is 16.1 Å². The predicted octanol–water partition coefficient (Wildman–Crippen LogP) is 4.13. The van der Waals surface area contributed by atoms with Crippen molar-refractivity contribution >= 4 is 47.0 Å². The van der Waals surface area contributed by atoms with Gasteiger partial charge in [0.1, 0.15) is 0 Å². The molecule has 0 saturated carbocycles. The van der Waals surface area contributed by atoms with Crippen molar-refractivity contribution in [1.82, 2.24) is 15.6 Å². The zero-order valence-electron chi connectivity index (χ0n) is 17.0. The Morgan fingerprint density at radius 3 is 2.41 bits per heavy atom. The molecule has 0 unspecified atom stereocenters. The molecule has 1 heterocycles. The van der Waals surface area contributed by atoms with Gasteiger partial charge in [-0.1, -0.05) is 12.1 Å². The lowest BCUT2D eigenvalue weighted by Gasteiger charge is -2.13. The SMILES string of the molecule is CCNC(=NCc1sc(C)nc1C)NCCCc1ccc(N(C)C)cc1.I. The quantitative estimate of drug-likeness (QED) is 0.247. The molecule has 27 heavy (non-hydrogen) atoms. The monoisotopic (exact) mass is 501 g/mol. The van der Waals surface area contributed by atoms with Gasteiger partial charge in [-0.15, -0.1) is 35.3 Å². The number of nitrogens with zero attached hydrogens (tertiary/aromatic N) is 3. The summed E-state index contributed by atoms with van der Waals surface area (Å²) in [5.41, 5.74) is 3.70. The van der Waals surface area contributed by atoms with Crippen LogP contribution in [0.5, 0.6) is 0 Å². The predicted molar refractivity (Wildman–Crippen MR) is 129 cm³/mol. The number of rotatable bonds is 8. The van der Waals surface area contributed by atoms with Crippen LogP contribution in [0, 0.1) is 13.8 Å². The number of aliphatic imine (C=N–C) groups is 1. The van der Waals surface area contributed by atoms with Gasteiger partial charge in [0.2, 0.25) is 0 Å². The van der Waals surface area contributed by atoms with Crippen molar-refractivity contribution in [3.05, 3.63) is 45.4 Å². The van der Waals surface area contributed by atoms with Crippen molar-refractivity contribution in [2.75, 3.05) is 32.1 Å². The van der Waals surface area contributed by atoms with E-state index in [9.17, 15) is 0 Å². The van der Waals surface area contributed by atoms with E-state index < -0.39 is 0 Å². The van der Waals surface area contributed by atoms with Crippen LogP contribution in [0.1, 0.15) is 34.5 Å². The minimum atomic E-state index is 0. The van der Waals surface area contributed by atoms with Crippen LogP contribution in [-0.4, -0.2) is 38.1 Å². The molecule has 2 aromatic rings. The lowest BCUT2D eigenvalue weighted by Crippen LogP contribution is -2.37. The molecule has 2 rings (SSSR count). The van der Waals surface area contributed by atoms with Crippen molar-refractivity contribution in [2.45, 2.75) is 40.2 Å². The maximum Gasteiger partial charge on any atom is 0.191 e. The van der Waals surface area contributed by atoms with Gasteiger partial charge in [-0.2, -0.15) is 0 Å². The lowest BCUT2D eigenvalue weighted by molar-refractivity contribution is 0.744. The fraction of sp³-hybridized carbons (Fsp3) is 0.500. The second kappa shape index (κ2) is 12.2. The van der Waals surface area contributed by atoms with Crippen molar-refractivity contribution in [1.29, 1.82) is 0 Å². The molecule has 0 bridgehead atoms. The van der Waals surface area contributed by atoms with Crippen LogP contribution in [0.4, 0.5) is 5.69 Å². The summed E-state index contributed by atoms with van der Waals surface area (Å²) in [6.07, 6.45) is 2.14. The first-order chi connectivity index (χ1) is 12.5. The van der Waals surface area contributed by atoms with Crippen LogP contribution in [0.3, 0.4) is 0 Å². The van der Waals surface area contributed by atoms with Crippen molar-refractivity contribution < 1.29 is 0 Å². The average molecular weight is 501 g/mol. The first-order valence-electron chi connectivity index (χ1n) is 9.21. The van der Waals surface area contributed by atoms with Crippen LogP contribution in [-0.2, 0) is 13.0 Å². The van der Waals surface area contributed by atoms with E-state index >= 15 is 0 Å². The molecule has 2 N–H and O–H groups in total. The van der Waals surface area contributed by atoms with Gasteiger partial charge < -0.3 is 15.5 Å². The molecule has 0 saturated heterocycles. The fourth-order valence-electron chi connectivity index (χ4n) is 2.67. The molecule has 0 aliphatic carbocycles. The summed E-state index contributed by atoms with van der Waals surface area (Å²) in [6.45, 7) is 8.63. The molecule has 0 radical (unpaired) electrons. The first kappa shape index (κ1) is 23.7. The summed E-state index contributed by atoms with van der Waals surface area (Å²) in [4.78, 5) is 12.5. The normalized spacial score (nSPS) is 11.1. The summed E-state index contributed by atoms with van der Waals surface area (Å²) in [5.74, 6) is 0.876. The maximum absolute atomic E-state index is 4.69. The zero-order valence-corrected chi connectivity index (χ0v) is 20.1. The van der Waals surface area contributed by atoms with Crippen LogP contribution in [0.2, 0.25) is 0 Å². The number of hydrogen-bond donors (Lipinski definition) is 2. The third-order valence-corrected chi connectivity index (χ3v) is 5.17. The highest BCUT2D eigenvalue weighted by Crippen LogP contribution is 2.17. The largest absolute Gasteiger partial charge is 0.378 e. The Kier molecular flexibility index (Phi) is 10.7. The highest BCUT2D eigenvalue weighted by Gasteiger charge is 2.05. The van der Waals surface area contributed by atoms with Crippen molar-refractivity contribution in [3.8, 4) is 0 Å². The molecule has 0 aliphatic heterocycles. The van der Waals surface area contributed by atoms with Crippen LogP contribution < -0.4 is 15.5 Å². The van der Waals surface area contributed by atoms with Gasteiger partial charge in [-0.3, -0.25) is 0 Å². The topological polar surface area (TPSA) is 52.6 Å². The second-order valence-electron chi connectivity index (χ2n) is 6.53. The first-order valence-corrected chi connectivity index (χ1v) is 10.0. The molecule has 0 atom stereocenters.